The second kappa shape index (κ2) is 7.47. The van der Waals surface area contributed by atoms with E-state index >= 15 is 0 Å². The van der Waals surface area contributed by atoms with E-state index in [0.717, 1.165) is 19.3 Å². The number of hydrogen-bond acceptors (Lipinski definition) is 4. The average Bonchev–Trinajstić information content (AvgIpc) is 2.48. The van der Waals surface area contributed by atoms with Crippen LogP contribution in [-0.4, -0.2) is 27.3 Å². The summed E-state index contributed by atoms with van der Waals surface area (Å²) >= 11 is 0. The van der Waals surface area contributed by atoms with E-state index in [0.29, 0.717) is 23.9 Å². The van der Waals surface area contributed by atoms with Crippen molar-refractivity contribution in [3.63, 3.8) is 0 Å². The molecule has 6 heteroatoms. The van der Waals surface area contributed by atoms with Gasteiger partial charge in [-0.2, -0.15) is 0 Å². The number of nitrogens with two attached hydrogens (primary N) is 1. The summed E-state index contributed by atoms with van der Waals surface area (Å²) < 4.78 is 31.9. The molecule has 1 unspecified atom stereocenters. The van der Waals surface area contributed by atoms with Crippen LogP contribution in [0.1, 0.15) is 19.3 Å². The number of nitrogen functional groups attached to an aromatic ring is 1. The normalized spacial score (nSPS) is 18.6. The van der Waals surface area contributed by atoms with Gasteiger partial charge in [0.1, 0.15) is 12.4 Å². The van der Waals surface area contributed by atoms with Crippen molar-refractivity contribution in [3.05, 3.63) is 36.4 Å². The second-order valence-electron chi connectivity index (χ2n) is 5.20. The molecule has 0 heterocycles. The fraction of sp³-hybridized carbons (Fsp3) is 0.467. The number of ether oxygens (including phenoxy) is 1. The fourth-order valence-corrected chi connectivity index (χ4v) is 3.17. The molecule has 1 aromatic rings. The highest BCUT2D eigenvalue weighted by Crippen LogP contribution is 2.19. The summed E-state index contributed by atoms with van der Waals surface area (Å²) in [6.45, 7) is 0.592. The van der Waals surface area contributed by atoms with Crippen LogP contribution in [0.5, 0.6) is 5.75 Å². The first-order valence-electron chi connectivity index (χ1n) is 7.16. The maximum Gasteiger partial charge on any atom is 0.214 e. The predicted molar refractivity (Wildman–Crippen MR) is 84.6 cm³/mol. The summed E-state index contributed by atoms with van der Waals surface area (Å²) in [5.74, 6) is 0.852. The van der Waals surface area contributed by atoms with Crippen molar-refractivity contribution in [2.24, 2.45) is 5.92 Å². The molecule has 2 rings (SSSR count). The average molecular weight is 310 g/mol. The van der Waals surface area contributed by atoms with Crippen molar-refractivity contribution in [2.45, 2.75) is 19.3 Å². The van der Waals surface area contributed by atoms with E-state index in [1.807, 2.05) is 0 Å². The van der Waals surface area contributed by atoms with E-state index in [1.54, 1.807) is 24.3 Å². The topological polar surface area (TPSA) is 81.4 Å². The summed E-state index contributed by atoms with van der Waals surface area (Å²) in [6.07, 6.45) is 7.27. The van der Waals surface area contributed by atoms with Gasteiger partial charge in [0.05, 0.1) is 11.4 Å². The standard InChI is InChI=1S/C15H22N2O3S/c16-14-8-4-5-9-15(14)20-10-11-21(18,19)17-12-13-6-2-1-3-7-13/h1-2,4-5,8-9,13,17H,3,6-7,10-12,16H2. The minimum atomic E-state index is -3.30. The molecule has 0 bridgehead atoms. The highest BCUT2D eigenvalue weighted by atomic mass is 32.2. The SMILES string of the molecule is Nc1ccccc1OCCS(=O)(=O)NCC1CC=CCC1. The molecule has 3 N–H and O–H groups in total. The number of hydrogen-bond donors (Lipinski definition) is 2. The molecule has 0 spiro atoms. The van der Waals surface area contributed by atoms with Crippen LogP contribution in [0, 0.1) is 5.92 Å². The molecule has 1 atom stereocenters. The van der Waals surface area contributed by atoms with Crippen molar-refractivity contribution in [1.82, 2.24) is 4.72 Å². The second-order valence-corrected chi connectivity index (χ2v) is 7.13. The van der Waals surface area contributed by atoms with Gasteiger partial charge in [0.25, 0.3) is 0 Å². The van der Waals surface area contributed by atoms with E-state index in [2.05, 4.69) is 16.9 Å². The van der Waals surface area contributed by atoms with Gasteiger partial charge in [0.15, 0.2) is 0 Å². The number of allylic oxidation sites excluding steroid dienone is 2. The first-order valence-corrected chi connectivity index (χ1v) is 8.82. The Morgan fingerprint density at radius 2 is 2.10 bits per heavy atom. The van der Waals surface area contributed by atoms with Crippen LogP contribution >= 0.6 is 0 Å². The Hall–Kier alpha value is -1.53. The van der Waals surface area contributed by atoms with Gasteiger partial charge in [-0.25, -0.2) is 13.1 Å². The van der Waals surface area contributed by atoms with Gasteiger partial charge < -0.3 is 10.5 Å². The zero-order valence-electron chi connectivity index (χ0n) is 12.0. The smallest absolute Gasteiger partial charge is 0.214 e. The van der Waals surface area contributed by atoms with Gasteiger partial charge >= 0.3 is 0 Å². The zero-order chi connectivity index (χ0) is 15.1. The summed E-state index contributed by atoms with van der Waals surface area (Å²) in [7, 11) is -3.30. The molecule has 0 saturated heterocycles. The fourth-order valence-electron chi connectivity index (χ4n) is 2.23. The van der Waals surface area contributed by atoms with Gasteiger partial charge in [0.2, 0.25) is 10.0 Å². The van der Waals surface area contributed by atoms with E-state index in [-0.39, 0.29) is 12.4 Å². The third-order valence-corrected chi connectivity index (χ3v) is 4.81. The predicted octanol–water partition coefficient (Wildman–Crippen LogP) is 1.92. The Morgan fingerprint density at radius 3 is 2.81 bits per heavy atom. The third kappa shape index (κ3) is 5.40. The Bertz CT molecular complexity index is 584. The number of rotatable bonds is 7. The highest BCUT2D eigenvalue weighted by Gasteiger charge is 2.15. The van der Waals surface area contributed by atoms with E-state index in [4.69, 9.17) is 10.5 Å². The lowest BCUT2D eigenvalue weighted by Gasteiger charge is -2.18. The molecule has 1 aliphatic carbocycles. The van der Waals surface area contributed by atoms with Gasteiger partial charge in [-0.05, 0) is 37.3 Å². The highest BCUT2D eigenvalue weighted by molar-refractivity contribution is 7.89. The lowest BCUT2D eigenvalue weighted by atomic mass is 9.95. The van der Waals surface area contributed by atoms with Crippen LogP contribution < -0.4 is 15.2 Å². The minimum absolute atomic E-state index is 0.0656. The number of nitrogens with one attached hydrogen (secondary N) is 1. The Balaban J connectivity index is 1.73. The lowest BCUT2D eigenvalue weighted by molar-refractivity contribution is 0.341. The molecular weight excluding hydrogens is 288 g/mol. The molecule has 1 aromatic carbocycles. The first-order chi connectivity index (χ1) is 10.1. The number of sulfonamides is 1. The molecule has 0 saturated carbocycles. The molecule has 0 radical (unpaired) electrons. The van der Waals surface area contributed by atoms with Crippen LogP contribution in [0.3, 0.4) is 0 Å². The Morgan fingerprint density at radius 1 is 1.29 bits per heavy atom. The molecule has 1 aliphatic rings. The van der Waals surface area contributed by atoms with Crippen molar-refractivity contribution in [1.29, 1.82) is 0 Å². The lowest BCUT2D eigenvalue weighted by Crippen LogP contribution is -2.33. The molecule has 116 valence electrons. The van der Waals surface area contributed by atoms with Gasteiger partial charge in [0, 0.05) is 6.54 Å². The van der Waals surface area contributed by atoms with E-state index < -0.39 is 10.0 Å². The summed E-state index contributed by atoms with van der Waals surface area (Å²) in [5.41, 5.74) is 6.24. The van der Waals surface area contributed by atoms with Crippen molar-refractivity contribution in [2.75, 3.05) is 24.6 Å². The van der Waals surface area contributed by atoms with E-state index in [1.165, 1.54) is 0 Å². The van der Waals surface area contributed by atoms with Crippen LogP contribution in [0.15, 0.2) is 36.4 Å². The molecule has 0 aliphatic heterocycles. The summed E-state index contributed by atoms with van der Waals surface area (Å²) in [6, 6.07) is 7.05. The van der Waals surface area contributed by atoms with E-state index in [9.17, 15) is 8.42 Å². The summed E-state index contributed by atoms with van der Waals surface area (Å²) in [5, 5.41) is 0. The van der Waals surface area contributed by atoms with Crippen LogP contribution in [0.4, 0.5) is 5.69 Å². The van der Waals surface area contributed by atoms with Gasteiger partial charge in [-0.3, -0.25) is 0 Å². The minimum Gasteiger partial charge on any atom is -0.490 e. The number of anilines is 1. The number of benzene rings is 1. The Kier molecular flexibility index (Phi) is 5.64. The van der Waals surface area contributed by atoms with Crippen LogP contribution in [0.25, 0.3) is 0 Å². The zero-order valence-corrected chi connectivity index (χ0v) is 12.8. The van der Waals surface area contributed by atoms with Crippen molar-refractivity contribution < 1.29 is 13.2 Å². The third-order valence-electron chi connectivity index (χ3n) is 3.50. The molecule has 5 nitrogen and oxygen atoms in total. The molecule has 0 fully saturated rings. The maximum absolute atomic E-state index is 11.9. The first kappa shape index (κ1) is 15.9. The summed E-state index contributed by atoms with van der Waals surface area (Å²) in [4.78, 5) is 0. The molecule has 0 aromatic heterocycles. The quantitative estimate of drug-likeness (QED) is 0.595. The van der Waals surface area contributed by atoms with Crippen LogP contribution in [-0.2, 0) is 10.0 Å². The Labute approximate surface area is 126 Å². The van der Waals surface area contributed by atoms with Crippen LogP contribution in [0.2, 0.25) is 0 Å². The van der Waals surface area contributed by atoms with Crippen molar-refractivity contribution >= 4 is 15.7 Å². The van der Waals surface area contributed by atoms with Crippen molar-refractivity contribution in [3.8, 4) is 5.75 Å². The monoisotopic (exact) mass is 310 g/mol. The van der Waals surface area contributed by atoms with Gasteiger partial charge in [-0.15, -0.1) is 0 Å². The molecular formula is C15H22N2O3S. The van der Waals surface area contributed by atoms with Gasteiger partial charge in [-0.1, -0.05) is 24.3 Å². The largest absolute Gasteiger partial charge is 0.490 e. The number of para-hydroxylation sites is 2. The maximum atomic E-state index is 11.9. The molecule has 21 heavy (non-hydrogen) atoms. The molecule has 0 amide bonds.